The molecule has 0 radical (unpaired) electrons. The largest absolute Gasteiger partial charge is 0.469 e. The van der Waals surface area contributed by atoms with E-state index in [9.17, 15) is 14.7 Å². The Labute approximate surface area is 234 Å². The smallest absolute Gasteiger partial charge is 0.305 e. The predicted octanol–water partition coefficient (Wildman–Crippen LogP) is 6.12. The van der Waals surface area contributed by atoms with E-state index in [0.29, 0.717) is 12.1 Å². The van der Waals surface area contributed by atoms with Crippen molar-refractivity contribution in [3.05, 3.63) is 68.8 Å². The van der Waals surface area contributed by atoms with E-state index in [1.54, 1.807) is 6.92 Å². The Kier molecular flexibility index (Phi) is 7.40. The van der Waals surface area contributed by atoms with E-state index in [2.05, 4.69) is 36.8 Å². The number of aromatic nitrogens is 4. The second-order valence-electron chi connectivity index (χ2n) is 11.1. The summed E-state index contributed by atoms with van der Waals surface area (Å²) in [6, 6.07) is 5.90. The molecule has 0 spiro atoms. The number of carbonyl (C=O) groups is 2. The van der Waals surface area contributed by atoms with Crippen LogP contribution < -0.4 is 0 Å². The number of rotatable bonds is 5. The zero-order chi connectivity index (χ0) is 28.9. The maximum absolute atomic E-state index is 13.2. The topological polar surface area (TPSA) is 121 Å². The summed E-state index contributed by atoms with van der Waals surface area (Å²) in [5, 5.41) is 10.8. The van der Waals surface area contributed by atoms with Crippen molar-refractivity contribution in [3.63, 3.8) is 0 Å². The Morgan fingerprint density at radius 2 is 1.77 bits per heavy atom. The lowest BCUT2D eigenvalue weighted by Gasteiger charge is -2.15. The quantitative estimate of drug-likeness (QED) is 0.334. The van der Waals surface area contributed by atoms with Crippen LogP contribution in [0.4, 0.5) is 0 Å². The molecule has 0 fully saturated rings. The van der Waals surface area contributed by atoms with Gasteiger partial charge in [-0.3, -0.25) is 14.6 Å². The summed E-state index contributed by atoms with van der Waals surface area (Å²) in [6.07, 6.45) is 1.21. The molecule has 3 N–H and O–H groups in total. The van der Waals surface area contributed by atoms with Crippen molar-refractivity contribution in [1.29, 1.82) is 0 Å². The molecule has 0 amide bonds. The average Bonchev–Trinajstić information content (AvgIpc) is 3.61. The molecule has 0 aromatic carbocycles. The Bertz CT molecular complexity index is 1680. The number of aliphatic hydroxyl groups is 1. The van der Waals surface area contributed by atoms with E-state index >= 15 is 0 Å². The van der Waals surface area contributed by atoms with Gasteiger partial charge < -0.3 is 19.8 Å². The molecule has 3 aromatic rings. The maximum atomic E-state index is 13.2. The van der Waals surface area contributed by atoms with Crippen molar-refractivity contribution in [2.75, 3.05) is 7.11 Å². The first-order valence-corrected chi connectivity index (χ1v) is 14.0. The van der Waals surface area contributed by atoms with Gasteiger partial charge in [-0.1, -0.05) is 13.8 Å². The number of aromatic amines is 2. The van der Waals surface area contributed by atoms with Gasteiger partial charge in [0, 0.05) is 57.3 Å². The molecule has 210 valence electrons. The van der Waals surface area contributed by atoms with Gasteiger partial charge in [0.15, 0.2) is 5.78 Å². The van der Waals surface area contributed by atoms with E-state index in [1.807, 2.05) is 26.0 Å². The number of methoxy groups -OCH3 is 1. The molecule has 2 aliphatic heterocycles. The van der Waals surface area contributed by atoms with Crippen molar-refractivity contribution < 1.29 is 19.4 Å². The third kappa shape index (κ3) is 4.74. The predicted molar refractivity (Wildman–Crippen MR) is 156 cm³/mol. The second-order valence-corrected chi connectivity index (χ2v) is 11.1. The highest BCUT2D eigenvalue weighted by molar-refractivity contribution is 5.98. The first-order valence-electron chi connectivity index (χ1n) is 14.0. The van der Waals surface area contributed by atoms with Crippen LogP contribution in [0.15, 0.2) is 18.2 Å². The van der Waals surface area contributed by atoms with E-state index in [4.69, 9.17) is 14.7 Å². The Morgan fingerprint density at radius 1 is 1.05 bits per heavy atom. The average molecular weight is 543 g/mol. The number of hydrogen-bond acceptors (Lipinski definition) is 6. The summed E-state index contributed by atoms with van der Waals surface area (Å²) in [4.78, 5) is 42.1. The molecule has 3 aromatic heterocycles. The van der Waals surface area contributed by atoms with Gasteiger partial charge in [-0.15, -0.1) is 0 Å². The number of esters is 1. The summed E-state index contributed by atoms with van der Waals surface area (Å²) in [7, 11) is 1.39. The van der Waals surface area contributed by atoms with Gasteiger partial charge in [-0.2, -0.15) is 0 Å². The van der Waals surface area contributed by atoms with Gasteiger partial charge in [0.1, 0.15) is 5.69 Å². The molecular formula is C32H38N4O4. The van der Waals surface area contributed by atoms with Crippen LogP contribution in [0.25, 0.3) is 22.1 Å². The lowest BCUT2D eigenvalue weighted by molar-refractivity contribution is -0.140. The number of nitrogens with zero attached hydrogens (tertiary/aromatic N) is 2. The normalized spacial score (nSPS) is 17.8. The number of hydrogen-bond donors (Lipinski definition) is 3. The molecule has 5 rings (SSSR count). The Morgan fingerprint density at radius 3 is 2.45 bits per heavy atom. The molecule has 0 saturated carbocycles. The van der Waals surface area contributed by atoms with Crippen LogP contribution in [-0.2, 0) is 22.4 Å². The van der Waals surface area contributed by atoms with Crippen LogP contribution in [-0.4, -0.2) is 43.9 Å². The van der Waals surface area contributed by atoms with Crippen LogP contribution in [0.5, 0.6) is 0 Å². The molecule has 8 bridgehead atoms. The fourth-order valence-electron chi connectivity index (χ4n) is 6.28. The van der Waals surface area contributed by atoms with E-state index < -0.39 is 6.10 Å². The second kappa shape index (κ2) is 10.7. The lowest BCUT2D eigenvalue weighted by atomic mass is 9.87. The summed E-state index contributed by atoms with van der Waals surface area (Å²) < 4.78 is 4.89. The number of ether oxygens (including phenoxy) is 1. The number of aliphatic hydroxyl groups excluding tert-OH is 1. The third-order valence-electron chi connectivity index (χ3n) is 8.69. The SMILES string of the molecule is CCc1c(C)c2cc3[nH]c(cc4nc(cc5nc(c(C)c1[nH]2)CC5=O)[C@@H](CCC(=O)OC)[C@@H]4C)c(C)c3[C@@H](C)O. The lowest BCUT2D eigenvalue weighted by Crippen LogP contribution is -2.07. The van der Waals surface area contributed by atoms with Gasteiger partial charge in [-0.05, 0) is 81.0 Å². The van der Waals surface area contributed by atoms with Gasteiger partial charge in [0.25, 0.3) is 0 Å². The molecular weight excluding hydrogens is 504 g/mol. The summed E-state index contributed by atoms with van der Waals surface area (Å²) in [5.41, 5.74) is 11.5. The van der Waals surface area contributed by atoms with Crippen molar-refractivity contribution in [3.8, 4) is 0 Å². The highest BCUT2D eigenvalue weighted by Crippen LogP contribution is 2.40. The monoisotopic (exact) mass is 542 g/mol. The first kappa shape index (κ1) is 27.8. The minimum atomic E-state index is -0.667. The number of aryl methyl sites for hydroxylation is 4. The highest BCUT2D eigenvalue weighted by Gasteiger charge is 2.31. The van der Waals surface area contributed by atoms with Gasteiger partial charge in [0.05, 0.1) is 25.3 Å². The Balaban J connectivity index is 1.89. The molecule has 0 saturated heterocycles. The minimum Gasteiger partial charge on any atom is -0.469 e. The Hall–Kier alpha value is -3.78. The van der Waals surface area contributed by atoms with Gasteiger partial charge in [-0.25, -0.2) is 4.98 Å². The van der Waals surface area contributed by atoms with Gasteiger partial charge >= 0.3 is 5.97 Å². The van der Waals surface area contributed by atoms with Crippen LogP contribution in [0, 0.1) is 20.8 Å². The highest BCUT2D eigenvalue weighted by atomic mass is 16.5. The number of fused-ring (bicyclic) bond motifs is 8. The van der Waals surface area contributed by atoms with Crippen molar-refractivity contribution in [2.45, 2.75) is 85.2 Å². The van der Waals surface area contributed by atoms with Crippen molar-refractivity contribution in [1.82, 2.24) is 19.9 Å². The fraction of sp³-hybridized carbons (Fsp3) is 0.438. The first-order chi connectivity index (χ1) is 19.0. The fourth-order valence-corrected chi connectivity index (χ4v) is 6.28. The molecule has 5 heterocycles. The van der Waals surface area contributed by atoms with E-state index in [0.717, 1.165) is 67.8 Å². The molecule has 8 heteroatoms. The number of ketones is 1. The molecule has 8 nitrogen and oxygen atoms in total. The number of H-pyrrole nitrogens is 2. The van der Waals surface area contributed by atoms with Crippen molar-refractivity contribution >= 4 is 33.8 Å². The summed E-state index contributed by atoms with van der Waals surface area (Å²) >= 11 is 0. The van der Waals surface area contributed by atoms with Crippen molar-refractivity contribution in [2.24, 2.45) is 0 Å². The molecule has 0 aliphatic carbocycles. The van der Waals surface area contributed by atoms with Gasteiger partial charge in [0.2, 0.25) is 0 Å². The summed E-state index contributed by atoms with van der Waals surface area (Å²) in [5.74, 6) is -0.363. The minimum absolute atomic E-state index is 0.00507. The number of Topliss-reactive ketones (excluding diaryl/α,β-unsaturated/α-hetero) is 1. The standard InChI is InChI=1S/C32H38N4O4/c1-8-20-15(2)23-12-28-31(19(6)37)17(4)24(35-28)11-22-16(3)21(9-10-30(39)40-7)26(33-22)13-27-29(38)14-25(34-27)18(5)32(20)36-23/h11-13,16,19,21,35-37H,8-10,14H2,1-7H3/t16-,19+,21-/m0/s1. The van der Waals surface area contributed by atoms with E-state index in [1.165, 1.54) is 12.7 Å². The van der Waals surface area contributed by atoms with Crippen LogP contribution in [0.2, 0.25) is 0 Å². The summed E-state index contributed by atoms with van der Waals surface area (Å²) in [6.45, 7) is 12.1. The van der Waals surface area contributed by atoms with Crippen LogP contribution >= 0.6 is 0 Å². The van der Waals surface area contributed by atoms with Crippen LogP contribution in [0.3, 0.4) is 0 Å². The zero-order valence-electron chi connectivity index (χ0n) is 24.4. The third-order valence-corrected chi connectivity index (χ3v) is 8.69. The molecule has 0 unspecified atom stereocenters. The maximum Gasteiger partial charge on any atom is 0.305 e. The number of nitrogens with one attached hydrogen (secondary N) is 2. The molecule has 2 aliphatic rings. The number of carbonyl (C=O) groups excluding carboxylic acids is 2. The zero-order valence-corrected chi connectivity index (χ0v) is 24.4. The molecule has 3 atom stereocenters. The van der Waals surface area contributed by atoms with Crippen LogP contribution in [0.1, 0.15) is 107 Å². The molecule has 40 heavy (non-hydrogen) atoms. The van der Waals surface area contributed by atoms with E-state index in [-0.39, 0.29) is 36.4 Å².